The first kappa shape index (κ1) is 11.3. The normalized spacial score (nSPS) is 19.3. The fraction of sp³-hybridized carbons (Fsp3) is 0.357. The standard InChI is InChI=1S/C14H16N2O2/c1-18-12-4-2-3-10-11(8-16-13(10)12)14(17)9-5-6-15-7-9/h2-4,8-9,15-16H,5-7H2,1H3. The Labute approximate surface area is 105 Å². The number of ether oxygens (including phenoxy) is 1. The van der Waals surface area contributed by atoms with Crippen molar-refractivity contribution in [1.82, 2.24) is 10.3 Å². The quantitative estimate of drug-likeness (QED) is 0.812. The molecule has 0 amide bonds. The first-order valence-electron chi connectivity index (χ1n) is 6.20. The highest BCUT2D eigenvalue weighted by Crippen LogP contribution is 2.29. The topological polar surface area (TPSA) is 54.1 Å². The van der Waals surface area contributed by atoms with E-state index in [2.05, 4.69) is 10.3 Å². The van der Waals surface area contributed by atoms with Gasteiger partial charge in [-0.3, -0.25) is 4.79 Å². The number of para-hydroxylation sites is 1. The lowest BCUT2D eigenvalue weighted by atomic mass is 9.96. The van der Waals surface area contributed by atoms with Crippen molar-refractivity contribution in [2.24, 2.45) is 5.92 Å². The number of H-pyrrole nitrogens is 1. The number of ketones is 1. The molecule has 1 atom stereocenters. The minimum absolute atomic E-state index is 0.107. The van der Waals surface area contributed by atoms with Crippen LogP contribution < -0.4 is 10.1 Å². The largest absolute Gasteiger partial charge is 0.495 e. The van der Waals surface area contributed by atoms with E-state index in [1.54, 1.807) is 13.3 Å². The Morgan fingerprint density at radius 1 is 1.44 bits per heavy atom. The van der Waals surface area contributed by atoms with Crippen LogP contribution in [0, 0.1) is 5.92 Å². The fourth-order valence-corrected chi connectivity index (χ4v) is 2.60. The lowest BCUT2D eigenvalue weighted by molar-refractivity contribution is 0.0932. The summed E-state index contributed by atoms with van der Waals surface area (Å²) in [6, 6.07) is 5.77. The van der Waals surface area contributed by atoms with Gasteiger partial charge < -0.3 is 15.0 Å². The first-order valence-corrected chi connectivity index (χ1v) is 6.20. The van der Waals surface area contributed by atoms with Crippen LogP contribution in [0.5, 0.6) is 5.75 Å². The van der Waals surface area contributed by atoms with Crippen molar-refractivity contribution in [1.29, 1.82) is 0 Å². The van der Waals surface area contributed by atoms with Gasteiger partial charge in [0.15, 0.2) is 5.78 Å². The Bertz CT molecular complexity index is 582. The number of hydrogen-bond donors (Lipinski definition) is 2. The predicted molar refractivity (Wildman–Crippen MR) is 70.2 cm³/mol. The molecule has 2 heterocycles. The third kappa shape index (κ3) is 1.69. The van der Waals surface area contributed by atoms with Gasteiger partial charge in [-0.2, -0.15) is 0 Å². The molecule has 1 aromatic heterocycles. The lowest BCUT2D eigenvalue weighted by Crippen LogP contribution is -2.17. The second-order valence-electron chi connectivity index (χ2n) is 4.64. The number of methoxy groups -OCH3 is 1. The van der Waals surface area contributed by atoms with Crippen molar-refractivity contribution in [3.8, 4) is 5.75 Å². The molecule has 4 nitrogen and oxygen atoms in total. The summed E-state index contributed by atoms with van der Waals surface area (Å²) in [5.41, 5.74) is 1.67. The van der Waals surface area contributed by atoms with Crippen molar-refractivity contribution in [3.05, 3.63) is 30.0 Å². The molecule has 1 aromatic carbocycles. The number of carbonyl (C=O) groups is 1. The SMILES string of the molecule is COc1cccc2c(C(=O)C3CCNC3)c[nH]c12. The number of carbonyl (C=O) groups excluding carboxylic acids is 1. The van der Waals surface area contributed by atoms with Crippen LogP contribution in [0.4, 0.5) is 0 Å². The molecule has 94 valence electrons. The average Bonchev–Trinajstić information content (AvgIpc) is 3.06. The fourth-order valence-electron chi connectivity index (χ4n) is 2.60. The number of benzene rings is 1. The number of aromatic nitrogens is 1. The van der Waals surface area contributed by atoms with Crippen LogP contribution in [0.1, 0.15) is 16.8 Å². The first-order chi connectivity index (χ1) is 8.81. The third-order valence-electron chi connectivity index (χ3n) is 3.59. The summed E-state index contributed by atoms with van der Waals surface area (Å²) in [4.78, 5) is 15.6. The Kier molecular flexibility index (Phi) is 2.80. The maximum absolute atomic E-state index is 12.4. The van der Waals surface area contributed by atoms with Gasteiger partial charge in [-0.1, -0.05) is 12.1 Å². The maximum atomic E-state index is 12.4. The van der Waals surface area contributed by atoms with Crippen molar-refractivity contribution < 1.29 is 9.53 Å². The molecule has 4 heteroatoms. The molecule has 0 bridgehead atoms. The molecule has 1 aliphatic rings. The van der Waals surface area contributed by atoms with Crippen LogP contribution in [-0.2, 0) is 0 Å². The summed E-state index contributed by atoms with van der Waals surface area (Å²) < 4.78 is 5.29. The zero-order valence-corrected chi connectivity index (χ0v) is 10.3. The molecule has 1 unspecified atom stereocenters. The van der Waals surface area contributed by atoms with Crippen molar-refractivity contribution in [2.75, 3.05) is 20.2 Å². The van der Waals surface area contributed by atoms with Crippen molar-refractivity contribution >= 4 is 16.7 Å². The van der Waals surface area contributed by atoms with Crippen LogP contribution in [0.3, 0.4) is 0 Å². The average molecular weight is 244 g/mol. The molecule has 2 N–H and O–H groups in total. The second-order valence-corrected chi connectivity index (χ2v) is 4.64. The summed E-state index contributed by atoms with van der Waals surface area (Å²) in [6.07, 6.45) is 2.73. The smallest absolute Gasteiger partial charge is 0.169 e. The van der Waals surface area contributed by atoms with Gasteiger partial charge >= 0.3 is 0 Å². The summed E-state index contributed by atoms with van der Waals surface area (Å²) in [6.45, 7) is 1.72. The molecule has 0 aliphatic carbocycles. The predicted octanol–water partition coefficient (Wildman–Crippen LogP) is 1.97. The van der Waals surface area contributed by atoms with Gasteiger partial charge in [0.05, 0.1) is 12.6 Å². The second kappa shape index (κ2) is 4.46. The highest BCUT2D eigenvalue weighted by atomic mass is 16.5. The van der Waals surface area contributed by atoms with Crippen LogP contribution in [0.25, 0.3) is 10.9 Å². The molecule has 1 fully saturated rings. The minimum atomic E-state index is 0.107. The van der Waals surface area contributed by atoms with Crippen molar-refractivity contribution in [2.45, 2.75) is 6.42 Å². The van der Waals surface area contributed by atoms with Gasteiger partial charge in [-0.05, 0) is 19.0 Å². The van der Waals surface area contributed by atoms with E-state index in [-0.39, 0.29) is 11.7 Å². The summed E-state index contributed by atoms with van der Waals surface area (Å²) in [7, 11) is 1.64. The molecule has 1 aliphatic heterocycles. The highest BCUT2D eigenvalue weighted by Gasteiger charge is 2.25. The molecule has 0 radical (unpaired) electrons. The van der Waals surface area contributed by atoms with Crippen LogP contribution in [-0.4, -0.2) is 31.0 Å². The Balaban J connectivity index is 2.04. The van der Waals surface area contributed by atoms with Crippen LogP contribution in [0.15, 0.2) is 24.4 Å². The van der Waals surface area contributed by atoms with Gasteiger partial charge in [0.1, 0.15) is 5.75 Å². The van der Waals surface area contributed by atoms with Gasteiger partial charge in [-0.25, -0.2) is 0 Å². The number of fused-ring (bicyclic) bond motifs is 1. The number of rotatable bonds is 3. The van der Waals surface area contributed by atoms with E-state index in [1.165, 1.54) is 0 Å². The zero-order chi connectivity index (χ0) is 12.5. The number of hydrogen-bond acceptors (Lipinski definition) is 3. The maximum Gasteiger partial charge on any atom is 0.169 e. The summed E-state index contributed by atoms with van der Waals surface area (Å²) in [5.74, 6) is 1.10. The van der Waals surface area contributed by atoms with Crippen molar-refractivity contribution in [3.63, 3.8) is 0 Å². The number of Topliss-reactive ketones (excluding diaryl/α,β-unsaturated/α-hetero) is 1. The van der Waals surface area contributed by atoms with Gasteiger partial charge in [0.25, 0.3) is 0 Å². The Morgan fingerprint density at radius 3 is 3.06 bits per heavy atom. The molecule has 0 spiro atoms. The highest BCUT2D eigenvalue weighted by molar-refractivity contribution is 6.10. The monoisotopic (exact) mass is 244 g/mol. The molecule has 0 saturated carbocycles. The third-order valence-corrected chi connectivity index (χ3v) is 3.59. The van der Waals surface area contributed by atoms with Crippen LogP contribution >= 0.6 is 0 Å². The minimum Gasteiger partial charge on any atom is -0.495 e. The number of nitrogens with one attached hydrogen (secondary N) is 2. The lowest BCUT2D eigenvalue weighted by Gasteiger charge is -2.06. The molecule has 3 rings (SSSR count). The van der Waals surface area contributed by atoms with Gasteiger partial charge in [0.2, 0.25) is 0 Å². The van der Waals surface area contributed by atoms with Gasteiger partial charge in [0, 0.05) is 29.6 Å². The van der Waals surface area contributed by atoms with Crippen LogP contribution in [0.2, 0.25) is 0 Å². The Morgan fingerprint density at radius 2 is 2.33 bits per heavy atom. The van der Waals surface area contributed by atoms with E-state index in [4.69, 9.17) is 4.74 Å². The van der Waals surface area contributed by atoms with E-state index in [9.17, 15) is 4.79 Å². The molecular formula is C14H16N2O2. The van der Waals surface area contributed by atoms with E-state index < -0.39 is 0 Å². The van der Waals surface area contributed by atoms with E-state index in [1.807, 2.05) is 18.2 Å². The zero-order valence-electron chi connectivity index (χ0n) is 10.3. The summed E-state index contributed by atoms with van der Waals surface area (Å²) >= 11 is 0. The molecule has 1 saturated heterocycles. The molecule has 2 aromatic rings. The molecule has 18 heavy (non-hydrogen) atoms. The number of aromatic amines is 1. The van der Waals surface area contributed by atoms with E-state index >= 15 is 0 Å². The Hall–Kier alpha value is -1.81. The van der Waals surface area contributed by atoms with E-state index in [0.29, 0.717) is 0 Å². The summed E-state index contributed by atoms with van der Waals surface area (Å²) in [5, 5.41) is 4.18. The van der Waals surface area contributed by atoms with Gasteiger partial charge in [-0.15, -0.1) is 0 Å². The van der Waals surface area contributed by atoms with E-state index in [0.717, 1.165) is 41.7 Å². The molecular weight excluding hydrogens is 228 g/mol.